The summed E-state index contributed by atoms with van der Waals surface area (Å²) < 4.78 is 0. The van der Waals surface area contributed by atoms with Gasteiger partial charge in [-0.15, -0.1) is 0 Å². The van der Waals surface area contributed by atoms with Crippen LogP contribution in [-0.2, 0) is 4.79 Å². The molecular formula is C33H43N3O. The van der Waals surface area contributed by atoms with Gasteiger partial charge in [0.2, 0.25) is 5.91 Å². The third kappa shape index (κ3) is 6.01. The molecule has 0 radical (unpaired) electrons. The van der Waals surface area contributed by atoms with E-state index in [0.717, 1.165) is 55.0 Å². The Morgan fingerprint density at radius 1 is 1.03 bits per heavy atom. The number of aromatic nitrogens is 1. The topological polar surface area (TPSA) is 39.3 Å². The Morgan fingerprint density at radius 3 is 2.24 bits per heavy atom. The molecule has 2 aliphatic rings. The zero-order valence-corrected chi connectivity index (χ0v) is 23.3. The van der Waals surface area contributed by atoms with E-state index in [4.69, 9.17) is 0 Å². The van der Waals surface area contributed by atoms with E-state index in [1.165, 1.54) is 22.9 Å². The molecule has 2 heterocycles. The van der Waals surface area contributed by atoms with Crippen molar-refractivity contribution in [2.45, 2.75) is 53.9 Å². The number of fused-ring (bicyclic) bond motifs is 1. The Morgan fingerprint density at radius 2 is 1.65 bits per heavy atom. The third-order valence-corrected chi connectivity index (χ3v) is 7.27. The summed E-state index contributed by atoms with van der Waals surface area (Å²) in [6.07, 6.45) is 5.46. The molecule has 1 aromatic heterocycles. The molecule has 2 fully saturated rings. The number of carbonyl (C=O) groups is 1. The Kier molecular flexibility index (Phi) is 7.96. The van der Waals surface area contributed by atoms with Crippen molar-refractivity contribution in [2.75, 3.05) is 19.6 Å². The number of carbonyl (C=O) groups excluding carboxylic acids is 1. The first kappa shape index (κ1) is 26.8. The summed E-state index contributed by atoms with van der Waals surface area (Å²) in [5, 5.41) is 1.23. The van der Waals surface area contributed by atoms with Crippen molar-refractivity contribution < 1.29 is 4.79 Å². The zero-order valence-electron chi connectivity index (χ0n) is 23.3. The summed E-state index contributed by atoms with van der Waals surface area (Å²) in [7, 11) is 0. The van der Waals surface area contributed by atoms with E-state index in [-0.39, 0.29) is 5.41 Å². The fourth-order valence-corrected chi connectivity index (χ4v) is 4.81. The molecule has 1 aliphatic carbocycles. The van der Waals surface area contributed by atoms with Gasteiger partial charge >= 0.3 is 0 Å². The molecule has 1 amide bonds. The largest absolute Gasteiger partial charge is 0.361 e. The first-order valence-corrected chi connectivity index (χ1v) is 13.8. The summed E-state index contributed by atoms with van der Waals surface area (Å²) in [5.74, 6) is 1.10. The van der Waals surface area contributed by atoms with Crippen molar-refractivity contribution in [1.82, 2.24) is 14.8 Å². The van der Waals surface area contributed by atoms with Crippen molar-refractivity contribution >= 4 is 22.5 Å². The second kappa shape index (κ2) is 11.0. The van der Waals surface area contributed by atoms with E-state index in [0.29, 0.717) is 17.7 Å². The molecule has 196 valence electrons. The van der Waals surface area contributed by atoms with Gasteiger partial charge in [0.25, 0.3) is 0 Å². The average Bonchev–Trinajstić information content (AvgIpc) is 3.61. The van der Waals surface area contributed by atoms with Gasteiger partial charge in [-0.1, -0.05) is 96.7 Å². The van der Waals surface area contributed by atoms with Crippen LogP contribution in [0, 0.1) is 17.3 Å². The number of benzene rings is 2. The number of likely N-dealkylation sites (tertiary alicyclic amines) is 1. The molecule has 1 N–H and O–H groups in total. The summed E-state index contributed by atoms with van der Waals surface area (Å²) >= 11 is 0. The van der Waals surface area contributed by atoms with Gasteiger partial charge in [0, 0.05) is 70.9 Å². The molecule has 4 heteroatoms. The molecule has 1 saturated heterocycles. The van der Waals surface area contributed by atoms with Crippen molar-refractivity contribution in [3.8, 4) is 11.1 Å². The van der Waals surface area contributed by atoms with Gasteiger partial charge in [-0.25, -0.2) is 0 Å². The molecule has 2 aromatic carbocycles. The lowest BCUT2D eigenvalue weighted by Gasteiger charge is -2.45. The highest BCUT2D eigenvalue weighted by Gasteiger charge is 2.40. The van der Waals surface area contributed by atoms with E-state index in [1.807, 2.05) is 4.90 Å². The first-order valence-electron chi connectivity index (χ1n) is 13.8. The number of hydrogen-bond donors (Lipinski definition) is 1. The van der Waals surface area contributed by atoms with Crippen LogP contribution < -0.4 is 0 Å². The minimum absolute atomic E-state index is 0.0693. The molecule has 3 aromatic rings. The number of para-hydroxylation sites is 1. The maximum atomic E-state index is 12.4. The predicted octanol–water partition coefficient (Wildman–Crippen LogP) is 7.95. The number of hydrogen-bond acceptors (Lipinski definition) is 2. The number of allylic oxidation sites excluding steroid dienone is 1. The quantitative estimate of drug-likeness (QED) is 0.360. The van der Waals surface area contributed by atoms with Gasteiger partial charge in [0.1, 0.15) is 0 Å². The standard InChI is InChI=1S/C30H35N3O.C3H8/c1-20(23-10-12-24(13-11-23)27-16-31-28-9-7-6-8-26(27)28)33(21(2)30(3,4)5)19-22-17-32(18-22)29(34)25-14-15-25;1-3-2/h6-13,16,22,25,31H,1-2,14-15,17-19H2,3-5H3;3H2,1-2H3. The minimum atomic E-state index is -0.0693. The first-order chi connectivity index (χ1) is 17.6. The summed E-state index contributed by atoms with van der Waals surface area (Å²) in [4.78, 5) is 20.0. The van der Waals surface area contributed by atoms with Gasteiger partial charge in [0.05, 0.1) is 0 Å². The van der Waals surface area contributed by atoms with Crippen molar-refractivity contribution in [2.24, 2.45) is 17.3 Å². The molecule has 0 bridgehead atoms. The third-order valence-electron chi connectivity index (χ3n) is 7.27. The molecule has 4 nitrogen and oxygen atoms in total. The van der Waals surface area contributed by atoms with Crippen LogP contribution in [0.1, 0.15) is 59.4 Å². The summed E-state index contributed by atoms with van der Waals surface area (Å²) in [6, 6.07) is 17.0. The molecule has 0 unspecified atom stereocenters. The van der Waals surface area contributed by atoms with Crippen LogP contribution in [0.4, 0.5) is 0 Å². The lowest BCUT2D eigenvalue weighted by Crippen LogP contribution is -2.54. The van der Waals surface area contributed by atoms with Crippen LogP contribution in [-0.4, -0.2) is 40.3 Å². The SMILES string of the molecule is C=C(c1ccc(-c2c[nH]c3ccccc23)cc1)N(CC1CN(C(=O)C2CC2)C1)C(=C)C(C)(C)C.CCC. The van der Waals surface area contributed by atoms with E-state index < -0.39 is 0 Å². The van der Waals surface area contributed by atoms with Gasteiger partial charge < -0.3 is 14.8 Å². The molecule has 0 atom stereocenters. The smallest absolute Gasteiger partial charge is 0.225 e. The maximum Gasteiger partial charge on any atom is 0.225 e. The van der Waals surface area contributed by atoms with Crippen LogP contribution in [0.15, 0.2) is 73.6 Å². The lowest BCUT2D eigenvalue weighted by molar-refractivity contribution is -0.139. The Hall–Kier alpha value is -3.27. The summed E-state index contributed by atoms with van der Waals surface area (Å²) in [5.41, 5.74) is 6.59. The van der Waals surface area contributed by atoms with Gasteiger partial charge in [0.15, 0.2) is 0 Å². The number of amides is 1. The van der Waals surface area contributed by atoms with Crippen LogP contribution in [0.3, 0.4) is 0 Å². The number of rotatable bonds is 7. The van der Waals surface area contributed by atoms with E-state index >= 15 is 0 Å². The molecule has 0 spiro atoms. The van der Waals surface area contributed by atoms with E-state index in [2.05, 4.69) is 112 Å². The lowest BCUT2D eigenvalue weighted by atomic mass is 9.89. The highest BCUT2D eigenvalue weighted by atomic mass is 16.2. The maximum absolute atomic E-state index is 12.4. The fourth-order valence-electron chi connectivity index (χ4n) is 4.81. The van der Waals surface area contributed by atoms with Crippen LogP contribution in [0.25, 0.3) is 27.7 Å². The normalized spacial score (nSPS) is 15.5. The van der Waals surface area contributed by atoms with Crippen LogP contribution >= 0.6 is 0 Å². The number of nitrogens with zero attached hydrogens (tertiary/aromatic N) is 2. The number of aromatic amines is 1. The monoisotopic (exact) mass is 497 g/mol. The molecular weight excluding hydrogens is 454 g/mol. The van der Waals surface area contributed by atoms with Gasteiger partial charge in [-0.2, -0.15) is 0 Å². The van der Waals surface area contributed by atoms with Gasteiger partial charge in [-0.3, -0.25) is 4.79 Å². The number of H-pyrrole nitrogens is 1. The zero-order chi connectivity index (χ0) is 26.7. The highest BCUT2D eigenvalue weighted by Crippen LogP contribution is 2.37. The van der Waals surface area contributed by atoms with E-state index in [9.17, 15) is 4.79 Å². The van der Waals surface area contributed by atoms with E-state index in [1.54, 1.807) is 0 Å². The Balaban J connectivity index is 0.00000102. The van der Waals surface area contributed by atoms with Crippen LogP contribution in [0.5, 0.6) is 0 Å². The summed E-state index contributed by atoms with van der Waals surface area (Å²) in [6.45, 7) is 22.3. The second-order valence-electron chi connectivity index (χ2n) is 11.7. The fraction of sp³-hybridized carbons (Fsp3) is 0.424. The van der Waals surface area contributed by atoms with Crippen molar-refractivity contribution in [1.29, 1.82) is 0 Å². The molecule has 5 rings (SSSR count). The molecule has 1 saturated carbocycles. The molecule has 1 aliphatic heterocycles. The Labute approximate surface area is 223 Å². The molecule has 37 heavy (non-hydrogen) atoms. The minimum Gasteiger partial charge on any atom is -0.361 e. The van der Waals surface area contributed by atoms with Gasteiger partial charge in [-0.05, 0) is 30.0 Å². The van der Waals surface area contributed by atoms with Crippen molar-refractivity contribution in [3.05, 3.63) is 79.1 Å². The van der Waals surface area contributed by atoms with Crippen LogP contribution in [0.2, 0.25) is 0 Å². The highest BCUT2D eigenvalue weighted by molar-refractivity contribution is 5.95. The van der Waals surface area contributed by atoms with Crippen molar-refractivity contribution in [3.63, 3.8) is 0 Å². The average molecular weight is 498 g/mol. The second-order valence-corrected chi connectivity index (χ2v) is 11.7. The predicted molar refractivity (Wildman–Crippen MR) is 157 cm³/mol. The number of nitrogens with one attached hydrogen (secondary N) is 1. The Bertz CT molecular complexity index is 1250.